The van der Waals surface area contributed by atoms with Crippen LogP contribution in [0.5, 0.6) is 0 Å². The van der Waals surface area contributed by atoms with Crippen molar-refractivity contribution in [2.75, 3.05) is 33.4 Å². The van der Waals surface area contributed by atoms with Crippen LogP contribution in [-0.4, -0.2) is 38.3 Å². The van der Waals surface area contributed by atoms with Crippen LogP contribution in [-0.2, 0) is 17.3 Å². The minimum atomic E-state index is -4.31. The van der Waals surface area contributed by atoms with Crippen molar-refractivity contribution in [1.29, 1.82) is 0 Å². The fourth-order valence-electron chi connectivity index (χ4n) is 3.76. The van der Waals surface area contributed by atoms with Crippen LogP contribution < -0.4 is 0 Å². The molecule has 0 aliphatic heterocycles. The van der Waals surface area contributed by atoms with Gasteiger partial charge in [-0.25, -0.2) is 0 Å². The van der Waals surface area contributed by atoms with E-state index in [0.29, 0.717) is 0 Å². The van der Waals surface area contributed by atoms with Crippen molar-refractivity contribution in [2.45, 2.75) is 32.9 Å². The number of nitrogens with zero attached hydrogens (tertiary/aromatic N) is 1. The number of likely N-dealkylation sites (N-methyl/N-ethyl adjacent to an activating group) is 1. The molecule has 0 aliphatic carbocycles. The molecular weight excluding hydrogens is 407 g/mol. The Labute approximate surface area is 180 Å². The lowest BCUT2D eigenvalue weighted by atomic mass is 9.99. The Morgan fingerprint density at radius 1 is 1.03 bits per heavy atom. The second kappa shape index (κ2) is 9.94. The Bertz CT molecular complexity index is 963. The predicted molar refractivity (Wildman–Crippen MR) is 119 cm³/mol. The van der Waals surface area contributed by atoms with E-state index in [2.05, 4.69) is 30.0 Å². The summed E-state index contributed by atoms with van der Waals surface area (Å²) in [7, 11) is 1.73. The van der Waals surface area contributed by atoms with Crippen LogP contribution in [0.4, 0.5) is 13.2 Å². The van der Waals surface area contributed by atoms with E-state index in [1.807, 2.05) is 6.92 Å². The first-order valence-electron chi connectivity index (χ1n) is 10.2. The maximum atomic E-state index is 12.9. The molecule has 0 unspecified atom stereocenters. The summed E-state index contributed by atoms with van der Waals surface area (Å²) in [4.78, 5) is 3.51. The van der Waals surface area contributed by atoms with Crippen molar-refractivity contribution in [2.24, 2.45) is 0 Å². The van der Waals surface area contributed by atoms with Gasteiger partial charge in [0, 0.05) is 34.2 Å². The first-order valence-corrected chi connectivity index (χ1v) is 11.1. The molecule has 30 heavy (non-hydrogen) atoms. The molecule has 3 rings (SSSR count). The fourth-order valence-corrected chi connectivity index (χ4v) is 4.91. The van der Waals surface area contributed by atoms with Crippen LogP contribution in [0, 0.1) is 6.92 Å². The topological polar surface area (TPSA) is 12.5 Å². The molecule has 3 aromatic rings. The van der Waals surface area contributed by atoms with Gasteiger partial charge in [-0.3, -0.25) is 0 Å². The molecule has 0 fully saturated rings. The van der Waals surface area contributed by atoms with Crippen molar-refractivity contribution >= 4 is 21.4 Å². The third-order valence-electron chi connectivity index (χ3n) is 5.43. The molecular formula is C24H28F3NOS. The molecule has 0 saturated carbocycles. The molecule has 0 atom stereocenters. The Morgan fingerprint density at radius 3 is 2.40 bits per heavy atom. The summed E-state index contributed by atoms with van der Waals surface area (Å²) < 4.78 is 45.0. The number of rotatable bonds is 9. The third-order valence-corrected chi connectivity index (χ3v) is 6.50. The predicted octanol–water partition coefficient (Wildman–Crippen LogP) is 6.80. The SMILES string of the molecule is CCN(CCCc1ccc2c(-c3ccc(C(F)(F)F)cc3)c(C)sc2c1)CCOC. The van der Waals surface area contributed by atoms with E-state index in [-0.39, 0.29) is 0 Å². The van der Waals surface area contributed by atoms with Crippen LogP contribution in [0.2, 0.25) is 0 Å². The van der Waals surface area contributed by atoms with Crippen LogP contribution in [0.1, 0.15) is 29.3 Å². The van der Waals surface area contributed by atoms with Gasteiger partial charge in [0.1, 0.15) is 0 Å². The number of alkyl halides is 3. The minimum absolute atomic E-state index is 0.614. The normalized spacial score (nSPS) is 12.2. The molecule has 0 radical (unpaired) electrons. The molecule has 0 N–H and O–H groups in total. The van der Waals surface area contributed by atoms with Crippen molar-refractivity contribution < 1.29 is 17.9 Å². The lowest BCUT2D eigenvalue weighted by Gasteiger charge is -2.19. The zero-order valence-corrected chi connectivity index (χ0v) is 18.5. The van der Waals surface area contributed by atoms with Crippen LogP contribution >= 0.6 is 11.3 Å². The number of ether oxygens (including phenoxy) is 1. The van der Waals surface area contributed by atoms with Gasteiger partial charge in [-0.05, 0) is 62.2 Å². The number of hydrogen-bond donors (Lipinski definition) is 0. The molecule has 0 spiro atoms. The summed E-state index contributed by atoms with van der Waals surface area (Å²) in [6, 6.07) is 12.0. The highest BCUT2D eigenvalue weighted by molar-refractivity contribution is 7.19. The smallest absolute Gasteiger partial charge is 0.383 e. The molecule has 1 heterocycles. The number of halogens is 3. The average Bonchev–Trinajstić information content (AvgIpc) is 3.05. The van der Waals surface area contributed by atoms with Crippen LogP contribution in [0.25, 0.3) is 21.2 Å². The highest BCUT2D eigenvalue weighted by Gasteiger charge is 2.30. The van der Waals surface area contributed by atoms with E-state index < -0.39 is 11.7 Å². The summed E-state index contributed by atoms with van der Waals surface area (Å²) in [5.74, 6) is 0. The van der Waals surface area contributed by atoms with E-state index in [1.165, 1.54) is 10.3 Å². The molecule has 0 bridgehead atoms. The van der Waals surface area contributed by atoms with Gasteiger partial charge in [-0.1, -0.05) is 31.2 Å². The number of aryl methyl sites for hydroxylation is 2. The van der Waals surface area contributed by atoms with Gasteiger partial charge in [0.05, 0.1) is 12.2 Å². The molecule has 2 nitrogen and oxygen atoms in total. The van der Waals surface area contributed by atoms with Crippen LogP contribution in [0.3, 0.4) is 0 Å². The second-order valence-electron chi connectivity index (χ2n) is 7.47. The maximum absolute atomic E-state index is 12.9. The number of methoxy groups -OCH3 is 1. The van der Waals surface area contributed by atoms with Gasteiger partial charge in [0.2, 0.25) is 0 Å². The Morgan fingerprint density at radius 2 is 1.77 bits per heavy atom. The molecule has 0 aliphatic rings. The number of fused-ring (bicyclic) bond motifs is 1. The summed E-state index contributed by atoms with van der Waals surface area (Å²) in [5.41, 5.74) is 2.55. The molecule has 6 heteroatoms. The number of benzene rings is 2. The fraction of sp³-hybridized carbons (Fsp3) is 0.417. The van der Waals surface area contributed by atoms with E-state index >= 15 is 0 Å². The molecule has 2 aromatic carbocycles. The molecule has 1 aromatic heterocycles. The summed E-state index contributed by atoms with van der Waals surface area (Å²) in [6.07, 6.45) is -2.22. The maximum Gasteiger partial charge on any atom is 0.416 e. The average molecular weight is 436 g/mol. The Hall–Kier alpha value is -1.89. The third kappa shape index (κ3) is 5.42. The van der Waals surface area contributed by atoms with Gasteiger partial charge in [-0.15, -0.1) is 11.3 Å². The second-order valence-corrected chi connectivity index (χ2v) is 8.73. The number of hydrogen-bond acceptors (Lipinski definition) is 3. The van der Waals surface area contributed by atoms with Gasteiger partial charge in [0.25, 0.3) is 0 Å². The van der Waals surface area contributed by atoms with Crippen molar-refractivity contribution in [3.05, 3.63) is 58.5 Å². The molecule has 0 saturated heterocycles. The number of thiophene rings is 1. The first-order chi connectivity index (χ1) is 14.3. The summed E-state index contributed by atoms with van der Waals surface area (Å²) in [5, 5.41) is 1.11. The van der Waals surface area contributed by atoms with E-state index in [0.717, 1.165) is 72.6 Å². The van der Waals surface area contributed by atoms with Gasteiger partial charge in [0.15, 0.2) is 0 Å². The highest BCUT2D eigenvalue weighted by Crippen LogP contribution is 2.40. The van der Waals surface area contributed by atoms with Gasteiger partial charge in [-0.2, -0.15) is 13.2 Å². The lowest BCUT2D eigenvalue weighted by Crippen LogP contribution is -2.28. The summed E-state index contributed by atoms with van der Waals surface area (Å²) in [6.45, 7) is 7.96. The lowest BCUT2D eigenvalue weighted by molar-refractivity contribution is -0.137. The Balaban J connectivity index is 1.74. The zero-order valence-electron chi connectivity index (χ0n) is 17.7. The first kappa shape index (κ1) is 22.8. The van der Waals surface area contributed by atoms with E-state index in [9.17, 15) is 13.2 Å². The van der Waals surface area contributed by atoms with Gasteiger partial charge < -0.3 is 9.64 Å². The van der Waals surface area contributed by atoms with Crippen molar-refractivity contribution in [3.63, 3.8) is 0 Å². The monoisotopic (exact) mass is 435 g/mol. The quantitative estimate of drug-likeness (QED) is 0.367. The standard InChI is InChI=1S/C24H28F3NOS/c1-4-28(14-15-29-3)13-5-6-18-7-12-21-22(16-18)30-17(2)23(21)19-8-10-20(11-9-19)24(25,26)27/h7-12,16H,4-6,13-15H2,1-3H3. The zero-order chi connectivity index (χ0) is 21.7. The van der Waals surface area contributed by atoms with E-state index in [4.69, 9.17) is 4.74 Å². The largest absolute Gasteiger partial charge is 0.416 e. The van der Waals surface area contributed by atoms with Crippen LogP contribution in [0.15, 0.2) is 42.5 Å². The van der Waals surface area contributed by atoms with Crippen molar-refractivity contribution in [3.8, 4) is 11.1 Å². The molecule has 162 valence electrons. The minimum Gasteiger partial charge on any atom is -0.383 e. The van der Waals surface area contributed by atoms with Crippen molar-refractivity contribution in [1.82, 2.24) is 4.90 Å². The summed E-state index contributed by atoms with van der Waals surface area (Å²) >= 11 is 1.70. The Kier molecular flexibility index (Phi) is 7.55. The van der Waals surface area contributed by atoms with Gasteiger partial charge >= 0.3 is 6.18 Å². The molecule has 0 amide bonds. The highest BCUT2D eigenvalue weighted by atomic mass is 32.1. The van der Waals surface area contributed by atoms with E-state index in [1.54, 1.807) is 30.6 Å².